The molecule has 1 aliphatic heterocycles. The first-order valence-corrected chi connectivity index (χ1v) is 6.55. The number of benzene rings is 1. The molecule has 1 aliphatic rings. The number of carbonyl (C=O) groups excluding carboxylic acids is 1. The van der Waals surface area contributed by atoms with Gasteiger partial charge in [0, 0.05) is 23.3 Å². The first kappa shape index (κ1) is 13.4. The Morgan fingerprint density at radius 2 is 2.11 bits per heavy atom. The van der Waals surface area contributed by atoms with Gasteiger partial charge in [0.1, 0.15) is 0 Å². The first-order chi connectivity index (χ1) is 8.33. The summed E-state index contributed by atoms with van der Waals surface area (Å²) in [4.78, 5) is 14.3. The topological polar surface area (TPSA) is 32.3 Å². The summed E-state index contributed by atoms with van der Waals surface area (Å²) in [6.07, 6.45) is 0. The highest BCUT2D eigenvalue weighted by Crippen LogP contribution is 2.28. The summed E-state index contributed by atoms with van der Waals surface area (Å²) in [6.45, 7) is 8.59. The third-order valence-corrected chi connectivity index (χ3v) is 3.87. The Kier molecular flexibility index (Phi) is 3.39. The van der Waals surface area contributed by atoms with E-state index in [9.17, 15) is 4.79 Å². The van der Waals surface area contributed by atoms with Crippen molar-refractivity contribution in [3.8, 4) is 0 Å². The quantitative estimate of drug-likeness (QED) is 0.848. The van der Waals surface area contributed by atoms with Crippen molar-refractivity contribution in [2.24, 2.45) is 0 Å². The van der Waals surface area contributed by atoms with Crippen molar-refractivity contribution in [2.45, 2.75) is 39.3 Å². The lowest BCUT2D eigenvalue weighted by atomic mass is 9.97. The second-order valence-corrected chi connectivity index (χ2v) is 5.87. The Morgan fingerprint density at radius 1 is 1.44 bits per heavy atom. The van der Waals surface area contributed by atoms with Gasteiger partial charge in [-0.3, -0.25) is 4.79 Å². The van der Waals surface area contributed by atoms with E-state index in [1.807, 2.05) is 50.8 Å². The van der Waals surface area contributed by atoms with Gasteiger partial charge in [-0.2, -0.15) is 0 Å². The molecule has 0 aliphatic carbocycles. The van der Waals surface area contributed by atoms with E-state index in [1.165, 1.54) is 0 Å². The Balaban J connectivity index is 2.40. The summed E-state index contributed by atoms with van der Waals surface area (Å²) in [5.41, 5.74) is 1.37. The minimum absolute atomic E-state index is 0.0844. The molecule has 0 aromatic heterocycles. The van der Waals surface area contributed by atoms with Crippen LogP contribution in [0.2, 0.25) is 5.02 Å². The minimum atomic E-state index is -0.524. The average molecular weight is 267 g/mol. The molecule has 1 aromatic carbocycles. The van der Waals surface area contributed by atoms with Gasteiger partial charge in [-0.05, 0) is 45.4 Å². The van der Waals surface area contributed by atoms with Crippen molar-refractivity contribution >= 4 is 23.2 Å². The van der Waals surface area contributed by atoms with Gasteiger partial charge in [0.15, 0.2) is 0 Å². The molecule has 1 fully saturated rings. The maximum Gasteiger partial charge on any atom is 0.247 e. The van der Waals surface area contributed by atoms with Crippen LogP contribution >= 0.6 is 11.6 Å². The Bertz CT molecular complexity index is 485. The van der Waals surface area contributed by atoms with E-state index in [-0.39, 0.29) is 11.9 Å². The van der Waals surface area contributed by atoms with Crippen molar-refractivity contribution in [1.82, 2.24) is 5.32 Å². The molecule has 3 nitrogen and oxygen atoms in total. The lowest BCUT2D eigenvalue weighted by molar-refractivity contribution is -0.125. The molecule has 0 saturated carbocycles. The van der Waals surface area contributed by atoms with Crippen LogP contribution in [0.4, 0.5) is 5.69 Å². The summed E-state index contributed by atoms with van der Waals surface area (Å²) < 4.78 is 0. The summed E-state index contributed by atoms with van der Waals surface area (Å²) in [6, 6.07) is 5.90. The van der Waals surface area contributed by atoms with Crippen molar-refractivity contribution < 1.29 is 4.79 Å². The third-order valence-electron chi connectivity index (χ3n) is 3.47. The zero-order chi connectivity index (χ0) is 13.5. The van der Waals surface area contributed by atoms with Gasteiger partial charge in [0.25, 0.3) is 0 Å². The highest BCUT2D eigenvalue weighted by molar-refractivity contribution is 6.31. The SMILES string of the molecule is Cc1ccc(N2C(=O)C(C)(C)NCC2C)cc1Cl. The van der Waals surface area contributed by atoms with Crippen LogP contribution in [0, 0.1) is 6.92 Å². The van der Waals surface area contributed by atoms with Crippen LogP contribution in [0.5, 0.6) is 0 Å². The lowest BCUT2D eigenvalue weighted by Gasteiger charge is -2.42. The molecule has 0 spiro atoms. The number of nitrogens with zero attached hydrogens (tertiary/aromatic N) is 1. The van der Waals surface area contributed by atoms with Crippen LogP contribution in [0.3, 0.4) is 0 Å². The van der Waals surface area contributed by atoms with Gasteiger partial charge in [-0.1, -0.05) is 17.7 Å². The van der Waals surface area contributed by atoms with Gasteiger partial charge >= 0.3 is 0 Å². The molecule has 4 heteroatoms. The highest BCUT2D eigenvalue weighted by Gasteiger charge is 2.39. The molecular weight excluding hydrogens is 248 g/mol. The molecule has 0 bridgehead atoms. The third kappa shape index (κ3) is 2.25. The maximum absolute atomic E-state index is 12.5. The van der Waals surface area contributed by atoms with Crippen molar-refractivity contribution in [3.63, 3.8) is 0 Å². The van der Waals surface area contributed by atoms with Gasteiger partial charge in [0.05, 0.1) is 5.54 Å². The van der Waals surface area contributed by atoms with E-state index in [0.29, 0.717) is 5.02 Å². The molecule has 1 heterocycles. The number of nitrogens with one attached hydrogen (secondary N) is 1. The monoisotopic (exact) mass is 266 g/mol. The predicted octanol–water partition coefficient (Wildman–Crippen LogP) is 2.75. The summed E-state index contributed by atoms with van der Waals surface area (Å²) in [5, 5.41) is 3.96. The molecule has 1 saturated heterocycles. The molecule has 1 amide bonds. The molecule has 0 radical (unpaired) electrons. The lowest BCUT2D eigenvalue weighted by Crippen LogP contribution is -2.65. The minimum Gasteiger partial charge on any atom is -0.307 e. The van der Waals surface area contributed by atoms with E-state index in [1.54, 1.807) is 0 Å². The van der Waals surface area contributed by atoms with Crippen LogP contribution in [0.1, 0.15) is 26.3 Å². The van der Waals surface area contributed by atoms with Crippen LogP contribution in [-0.2, 0) is 4.79 Å². The van der Waals surface area contributed by atoms with Gasteiger partial charge in [0.2, 0.25) is 5.91 Å². The number of amides is 1. The standard InChI is InChI=1S/C14H19ClN2O/c1-9-5-6-11(7-12(9)15)17-10(2)8-16-14(3,4)13(17)18/h5-7,10,16H,8H2,1-4H3. The summed E-state index contributed by atoms with van der Waals surface area (Å²) >= 11 is 6.15. The maximum atomic E-state index is 12.5. The van der Waals surface area contributed by atoms with Gasteiger partial charge in [-0.25, -0.2) is 0 Å². The van der Waals surface area contributed by atoms with E-state index >= 15 is 0 Å². The van der Waals surface area contributed by atoms with Crippen LogP contribution in [0.15, 0.2) is 18.2 Å². The molecule has 2 rings (SSSR count). The van der Waals surface area contributed by atoms with E-state index in [0.717, 1.165) is 17.8 Å². The second kappa shape index (κ2) is 4.56. The smallest absolute Gasteiger partial charge is 0.247 e. The van der Waals surface area contributed by atoms with Crippen LogP contribution in [-0.4, -0.2) is 24.0 Å². The number of hydrogen-bond donors (Lipinski definition) is 1. The number of anilines is 1. The zero-order valence-electron chi connectivity index (χ0n) is 11.2. The Hall–Kier alpha value is -1.06. The Morgan fingerprint density at radius 3 is 2.72 bits per heavy atom. The number of carbonyl (C=O) groups is 1. The molecule has 98 valence electrons. The summed E-state index contributed by atoms with van der Waals surface area (Å²) in [7, 11) is 0. The average Bonchev–Trinajstić information content (AvgIpc) is 2.30. The van der Waals surface area contributed by atoms with Crippen LogP contribution in [0.25, 0.3) is 0 Å². The Labute approximate surface area is 113 Å². The number of piperazine rings is 1. The van der Waals surface area contributed by atoms with Crippen molar-refractivity contribution in [3.05, 3.63) is 28.8 Å². The number of halogens is 1. The number of aryl methyl sites for hydroxylation is 1. The molecule has 18 heavy (non-hydrogen) atoms. The normalized spacial score (nSPS) is 23.3. The fraction of sp³-hybridized carbons (Fsp3) is 0.500. The molecule has 1 N–H and O–H groups in total. The van der Waals surface area contributed by atoms with E-state index in [2.05, 4.69) is 5.32 Å². The first-order valence-electron chi connectivity index (χ1n) is 6.18. The van der Waals surface area contributed by atoms with Gasteiger partial charge in [-0.15, -0.1) is 0 Å². The fourth-order valence-electron chi connectivity index (χ4n) is 2.17. The number of hydrogen-bond acceptors (Lipinski definition) is 2. The predicted molar refractivity (Wildman–Crippen MR) is 75.2 cm³/mol. The van der Waals surface area contributed by atoms with E-state index < -0.39 is 5.54 Å². The van der Waals surface area contributed by atoms with Crippen molar-refractivity contribution in [1.29, 1.82) is 0 Å². The van der Waals surface area contributed by atoms with Crippen molar-refractivity contribution in [2.75, 3.05) is 11.4 Å². The highest BCUT2D eigenvalue weighted by atomic mass is 35.5. The molecule has 1 atom stereocenters. The fourth-order valence-corrected chi connectivity index (χ4v) is 2.35. The van der Waals surface area contributed by atoms with E-state index in [4.69, 9.17) is 11.6 Å². The molecular formula is C14H19ClN2O. The molecule has 1 unspecified atom stereocenters. The zero-order valence-corrected chi connectivity index (χ0v) is 12.0. The molecule has 1 aromatic rings. The van der Waals surface area contributed by atoms with Crippen LogP contribution < -0.4 is 10.2 Å². The number of rotatable bonds is 1. The van der Waals surface area contributed by atoms with Gasteiger partial charge < -0.3 is 10.2 Å². The summed E-state index contributed by atoms with van der Waals surface area (Å²) in [5.74, 6) is 0.0844. The largest absolute Gasteiger partial charge is 0.307 e. The second-order valence-electron chi connectivity index (χ2n) is 5.46.